The van der Waals surface area contributed by atoms with Gasteiger partial charge in [0.1, 0.15) is 0 Å². The van der Waals surface area contributed by atoms with Crippen molar-refractivity contribution in [3.8, 4) is 0 Å². The van der Waals surface area contributed by atoms with E-state index in [1.54, 1.807) is 4.68 Å². The molecule has 2 saturated heterocycles. The minimum Gasteiger partial charge on any atom is -0.480 e. The van der Waals surface area contributed by atoms with Gasteiger partial charge in [-0.2, -0.15) is 18.3 Å². The molecule has 0 aliphatic carbocycles. The number of amides is 2. The van der Waals surface area contributed by atoms with E-state index in [4.69, 9.17) is 15.0 Å². The molecule has 0 spiro atoms. The molecule has 2 aliphatic rings. The van der Waals surface area contributed by atoms with Crippen molar-refractivity contribution in [2.45, 2.75) is 30.9 Å². The number of rotatable bonds is 4. The molecule has 178 valence electrons. The number of nitrogens with one attached hydrogen (secondary N) is 1. The first-order valence-corrected chi connectivity index (χ1v) is 9.91. The van der Waals surface area contributed by atoms with Crippen LogP contribution >= 0.6 is 0 Å². The molecule has 4 rings (SSSR count). The predicted octanol–water partition coefficient (Wildman–Crippen LogP) is 1.21. The molecule has 10 nitrogen and oxygen atoms in total. The van der Waals surface area contributed by atoms with Crippen LogP contribution in [0.5, 0.6) is 0 Å². The fourth-order valence-corrected chi connectivity index (χ4v) is 3.87. The molecule has 2 amide bonds. The second kappa shape index (κ2) is 9.17. The average molecular weight is 470 g/mol. The van der Waals surface area contributed by atoms with Gasteiger partial charge in [-0.05, 0) is 18.1 Å². The van der Waals surface area contributed by atoms with Crippen molar-refractivity contribution < 1.29 is 42.6 Å². The third-order valence-corrected chi connectivity index (χ3v) is 5.50. The van der Waals surface area contributed by atoms with Crippen LogP contribution in [-0.4, -0.2) is 74.5 Å². The molecule has 1 aromatic carbocycles. The normalized spacial score (nSPS) is 19.5. The number of nitrogens with zero attached hydrogens (tertiary/aromatic N) is 3. The zero-order chi connectivity index (χ0) is 24.5. The van der Waals surface area contributed by atoms with Crippen LogP contribution in [0.25, 0.3) is 10.9 Å². The number of carboxylic acid groups (broad SMARTS) is 2. The first-order chi connectivity index (χ1) is 15.4. The van der Waals surface area contributed by atoms with E-state index in [9.17, 15) is 27.6 Å². The third-order valence-electron chi connectivity index (χ3n) is 5.50. The summed E-state index contributed by atoms with van der Waals surface area (Å²) >= 11 is 0. The van der Waals surface area contributed by atoms with Crippen molar-refractivity contribution in [2.75, 3.05) is 19.6 Å². The summed E-state index contributed by atoms with van der Waals surface area (Å²) in [5.41, 5.74) is 2.80. The SMILES string of the molecule is Cn1nc(C2CCC(=O)NC2=O)c2ccc(C3CN(CC(=O)O)C3)cc21.O=C(O)C(F)(F)F. The number of carboxylic acids is 2. The van der Waals surface area contributed by atoms with Crippen LogP contribution in [0.3, 0.4) is 0 Å². The van der Waals surface area contributed by atoms with Gasteiger partial charge in [-0.25, -0.2) is 4.79 Å². The van der Waals surface area contributed by atoms with E-state index >= 15 is 0 Å². The Morgan fingerprint density at radius 3 is 2.39 bits per heavy atom. The van der Waals surface area contributed by atoms with E-state index in [1.807, 2.05) is 24.1 Å². The molecule has 13 heteroatoms. The molecule has 2 fully saturated rings. The van der Waals surface area contributed by atoms with E-state index in [2.05, 4.69) is 16.5 Å². The van der Waals surface area contributed by atoms with E-state index in [0.29, 0.717) is 24.5 Å². The molecule has 2 aliphatic heterocycles. The zero-order valence-electron chi connectivity index (χ0n) is 17.4. The van der Waals surface area contributed by atoms with Crippen LogP contribution in [0.4, 0.5) is 13.2 Å². The quantitative estimate of drug-likeness (QED) is 0.566. The summed E-state index contributed by atoms with van der Waals surface area (Å²) in [6.07, 6.45) is -4.28. The highest BCUT2D eigenvalue weighted by Crippen LogP contribution is 2.33. The van der Waals surface area contributed by atoms with E-state index in [0.717, 1.165) is 29.6 Å². The maximum absolute atomic E-state index is 12.2. The van der Waals surface area contributed by atoms with Crippen molar-refractivity contribution >= 4 is 34.7 Å². The number of likely N-dealkylation sites (tertiary alicyclic amines) is 1. The first-order valence-electron chi connectivity index (χ1n) is 9.91. The number of aliphatic carboxylic acids is 2. The fourth-order valence-electron chi connectivity index (χ4n) is 3.87. The Kier molecular flexibility index (Phi) is 6.72. The minimum atomic E-state index is -5.08. The maximum Gasteiger partial charge on any atom is 0.490 e. The second-order valence-corrected chi connectivity index (χ2v) is 7.88. The fraction of sp³-hybridized carbons (Fsp3) is 0.450. The lowest BCUT2D eigenvalue weighted by Gasteiger charge is -2.38. The largest absolute Gasteiger partial charge is 0.490 e. The highest BCUT2D eigenvalue weighted by atomic mass is 19.4. The van der Waals surface area contributed by atoms with Crippen molar-refractivity contribution in [1.82, 2.24) is 20.0 Å². The highest BCUT2D eigenvalue weighted by molar-refractivity contribution is 6.02. The molecule has 1 aromatic heterocycles. The summed E-state index contributed by atoms with van der Waals surface area (Å²) in [6.45, 7) is 1.54. The molecule has 0 bridgehead atoms. The number of carbonyl (C=O) groups is 4. The molecular weight excluding hydrogens is 449 g/mol. The number of hydrogen-bond donors (Lipinski definition) is 3. The van der Waals surface area contributed by atoms with Gasteiger partial charge in [-0.3, -0.25) is 29.3 Å². The standard InChI is InChI=1S/C18H20N4O4.C2HF3O2/c1-21-14-6-10(11-7-22(8-11)9-16(24)25)2-3-12(14)17(20-21)13-4-5-15(23)19-18(13)26;3-2(4,5)1(6)7/h2-3,6,11,13H,4-5,7-9H2,1H3,(H,24,25)(H,19,23,26);(H,6,7). The number of halogens is 3. The van der Waals surface area contributed by atoms with E-state index < -0.39 is 24.0 Å². The van der Waals surface area contributed by atoms with Crippen molar-refractivity contribution in [1.29, 1.82) is 0 Å². The number of aromatic nitrogens is 2. The van der Waals surface area contributed by atoms with E-state index in [-0.39, 0.29) is 18.4 Å². The molecule has 0 saturated carbocycles. The maximum atomic E-state index is 12.2. The van der Waals surface area contributed by atoms with Gasteiger partial charge in [0.25, 0.3) is 0 Å². The molecule has 3 N–H and O–H groups in total. The molecule has 0 radical (unpaired) electrons. The molecule has 2 aromatic rings. The Labute approximate surface area is 184 Å². The monoisotopic (exact) mass is 470 g/mol. The van der Waals surface area contributed by atoms with Crippen LogP contribution in [0.2, 0.25) is 0 Å². The van der Waals surface area contributed by atoms with Gasteiger partial charge in [0.05, 0.1) is 23.7 Å². The van der Waals surface area contributed by atoms with Crippen LogP contribution < -0.4 is 5.32 Å². The summed E-state index contributed by atoms with van der Waals surface area (Å²) in [4.78, 5) is 45.1. The number of imide groups is 1. The number of carbonyl (C=O) groups excluding carboxylic acids is 2. The molecule has 1 atom stereocenters. The van der Waals surface area contributed by atoms with Gasteiger partial charge in [0, 0.05) is 37.9 Å². The van der Waals surface area contributed by atoms with Gasteiger partial charge in [0.15, 0.2) is 0 Å². The topological polar surface area (TPSA) is 142 Å². The number of benzene rings is 1. The summed E-state index contributed by atoms with van der Waals surface area (Å²) in [6, 6.07) is 6.08. The third kappa shape index (κ3) is 5.48. The summed E-state index contributed by atoms with van der Waals surface area (Å²) in [5.74, 6) is -4.17. The Morgan fingerprint density at radius 2 is 1.85 bits per heavy atom. The van der Waals surface area contributed by atoms with Crippen LogP contribution in [0.15, 0.2) is 18.2 Å². The number of piperidine rings is 1. The van der Waals surface area contributed by atoms with Gasteiger partial charge in [0.2, 0.25) is 11.8 Å². The lowest BCUT2D eigenvalue weighted by Crippen LogP contribution is -2.47. The summed E-state index contributed by atoms with van der Waals surface area (Å²) < 4.78 is 33.5. The molecular formula is C20H21F3N4O6. The lowest BCUT2D eigenvalue weighted by atomic mass is 9.89. The van der Waals surface area contributed by atoms with Gasteiger partial charge >= 0.3 is 18.1 Å². The highest BCUT2D eigenvalue weighted by Gasteiger charge is 2.38. The number of alkyl halides is 3. The van der Waals surface area contributed by atoms with Crippen LogP contribution in [0, 0.1) is 0 Å². The second-order valence-electron chi connectivity index (χ2n) is 7.88. The van der Waals surface area contributed by atoms with Crippen molar-refractivity contribution in [3.63, 3.8) is 0 Å². The Bertz CT molecular complexity index is 1110. The van der Waals surface area contributed by atoms with Crippen molar-refractivity contribution in [3.05, 3.63) is 29.5 Å². The van der Waals surface area contributed by atoms with Crippen LogP contribution in [-0.2, 0) is 26.2 Å². The predicted molar refractivity (Wildman–Crippen MR) is 106 cm³/mol. The summed E-state index contributed by atoms with van der Waals surface area (Å²) in [7, 11) is 1.85. The van der Waals surface area contributed by atoms with Crippen molar-refractivity contribution in [2.24, 2.45) is 7.05 Å². The minimum absolute atomic E-state index is 0.0735. The van der Waals surface area contributed by atoms with E-state index in [1.165, 1.54) is 0 Å². The van der Waals surface area contributed by atoms with Gasteiger partial charge in [-0.1, -0.05) is 12.1 Å². The Hall–Kier alpha value is -3.48. The molecule has 3 heterocycles. The molecule has 1 unspecified atom stereocenters. The lowest BCUT2D eigenvalue weighted by molar-refractivity contribution is -0.192. The Balaban J connectivity index is 0.000000383. The van der Waals surface area contributed by atoms with Gasteiger partial charge < -0.3 is 10.2 Å². The first kappa shape index (κ1) is 24.2. The molecule has 33 heavy (non-hydrogen) atoms. The number of aryl methyl sites for hydroxylation is 1. The average Bonchev–Trinajstić information content (AvgIpc) is 3.00. The smallest absolute Gasteiger partial charge is 0.480 e. The number of fused-ring (bicyclic) bond motifs is 1. The van der Waals surface area contributed by atoms with Gasteiger partial charge in [-0.15, -0.1) is 0 Å². The van der Waals surface area contributed by atoms with Crippen LogP contribution in [0.1, 0.15) is 35.9 Å². The zero-order valence-corrected chi connectivity index (χ0v) is 17.4. The number of hydrogen-bond acceptors (Lipinski definition) is 6. The Morgan fingerprint density at radius 1 is 1.21 bits per heavy atom. The summed E-state index contributed by atoms with van der Waals surface area (Å²) in [5, 5.41) is 23.8.